The summed E-state index contributed by atoms with van der Waals surface area (Å²) in [5.74, 6) is 1.55. The molecule has 6 heteroatoms. The molecule has 2 N–H and O–H groups in total. The monoisotopic (exact) mass is 319 g/mol. The quantitative estimate of drug-likeness (QED) is 0.774. The lowest BCUT2D eigenvalue weighted by atomic mass is 10.0. The van der Waals surface area contributed by atoms with Crippen LogP contribution in [0.4, 0.5) is 0 Å². The highest BCUT2D eigenvalue weighted by Gasteiger charge is 2.39. The van der Waals surface area contributed by atoms with Crippen LogP contribution in [0.15, 0.2) is 24.5 Å². The Morgan fingerprint density at radius 3 is 3.08 bits per heavy atom. The highest BCUT2D eigenvalue weighted by Crippen LogP contribution is 2.36. The molecule has 1 saturated heterocycles. The largest absolute Gasteiger partial charge is 0.491 e. The molecule has 1 aliphatic carbocycles. The van der Waals surface area contributed by atoms with Crippen LogP contribution >= 0.6 is 0 Å². The summed E-state index contributed by atoms with van der Waals surface area (Å²) in [5.41, 5.74) is 2.03. The maximum Gasteiger partial charge on any atom is 0.142 e. The van der Waals surface area contributed by atoms with Gasteiger partial charge in [0.1, 0.15) is 29.8 Å². The fourth-order valence-corrected chi connectivity index (χ4v) is 4.21. The van der Waals surface area contributed by atoms with Crippen molar-refractivity contribution in [1.29, 1.82) is 5.26 Å². The van der Waals surface area contributed by atoms with E-state index in [4.69, 9.17) is 10.00 Å². The van der Waals surface area contributed by atoms with E-state index in [1.807, 2.05) is 6.07 Å². The number of aromatic amines is 1. The van der Waals surface area contributed by atoms with E-state index in [-0.39, 0.29) is 0 Å². The van der Waals surface area contributed by atoms with Crippen molar-refractivity contribution < 1.29 is 4.74 Å². The van der Waals surface area contributed by atoms with E-state index in [0.717, 1.165) is 33.6 Å². The van der Waals surface area contributed by atoms with E-state index in [1.54, 1.807) is 18.5 Å². The van der Waals surface area contributed by atoms with Gasteiger partial charge in [0.05, 0.1) is 17.1 Å². The first-order valence-corrected chi connectivity index (χ1v) is 8.37. The molecule has 3 unspecified atom stereocenters. The van der Waals surface area contributed by atoms with Crippen molar-refractivity contribution in [2.24, 2.45) is 5.92 Å². The van der Waals surface area contributed by atoms with Gasteiger partial charge >= 0.3 is 0 Å². The second-order valence-corrected chi connectivity index (χ2v) is 6.74. The summed E-state index contributed by atoms with van der Waals surface area (Å²) in [4.78, 5) is 11.8. The van der Waals surface area contributed by atoms with Crippen molar-refractivity contribution in [2.75, 3.05) is 6.61 Å². The van der Waals surface area contributed by atoms with Crippen LogP contribution in [-0.4, -0.2) is 33.6 Å². The molecule has 2 bridgehead atoms. The molecule has 6 nitrogen and oxygen atoms in total. The summed E-state index contributed by atoms with van der Waals surface area (Å²) in [6.45, 7) is 0.670. The van der Waals surface area contributed by atoms with Crippen molar-refractivity contribution in [1.82, 2.24) is 20.3 Å². The minimum atomic E-state index is 0.396. The Hall–Kier alpha value is -2.65. The van der Waals surface area contributed by atoms with Gasteiger partial charge < -0.3 is 15.0 Å². The van der Waals surface area contributed by atoms with Gasteiger partial charge in [0, 0.05) is 23.7 Å². The van der Waals surface area contributed by atoms with Crippen LogP contribution < -0.4 is 10.1 Å². The van der Waals surface area contributed by atoms with Gasteiger partial charge in [-0.2, -0.15) is 5.26 Å². The molecular weight excluding hydrogens is 302 g/mol. The Morgan fingerprint density at radius 2 is 2.29 bits per heavy atom. The van der Waals surface area contributed by atoms with Crippen LogP contribution in [0.25, 0.3) is 21.9 Å². The molecule has 0 radical (unpaired) electrons. The minimum Gasteiger partial charge on any atom is -0.491 e. The standard InChI is InChI=1S/C18H17N5O/c19-7-12-6-13-14(8-21-12)23-18-17(13)16(3-4-20-18)24-9-15-10-1-2-11(5-10)22-15/h3-4,6,8,10-11,15,22H,1-2,5,9H2,(H,20,23). The zero-order valence-corrected chi connectivity index (χ0v) is 13.1. The summed E-state index contributed by atoms with van der Waals surface area (Å²) >= 11 is 0. The van der Waals surface area contributed by atoms with Crippen LogP contribution in [-0.2, 0) is 0 Å². The Kier molecular flexibility index (Phi) is 2.97. The zero-order valence-electron chi connectivity index (χ0n) is 13.1. The molecule has 2 fully saturated rings. The summed E-state index contributed by atoms with van der Waals surface area (Å²) in [6.07, 6.45) is 7.32. The molecule has 24 heavy (non-hydrogen) atoms. The Bertz CT molecular complexity index is 973. The van der Waals surface area contributed by atoms with Crippen LogP contribution in [0, 0.1) is 17.2 Å². The number of H-pyrrole nitrogens is 1. The SMILES string of the molecule is N#Cc1cc2c(cn1)[nH]c1nccc(OCC3NC4CCC3C4)c12. The number of pyridine rings is 2. The molecule has 3 aromatic heterocycles. The summed E-state index contributed by atoms with van der Waals surface area (Å²) < 4.78 is 6.17. The highest BCUT2D eigenvalue weighted by molar-refractivity contribution is 6.09. The average Bonchev–Trinajstić information content (AvgIpc) is 3.32. The lowest BCUT2D eigenvalue weighted by Crippen LogP contribution is -2.39. The number of hydrogen-bond donors (Lipinski definition) is 2. The molecule has 0 aromatic carbocycles. The number of hydrogen-bond acceptors (Lipinski definition) is 5. The normalized spacial score (nSPS) is 25.4. The third-order valence-electron chi connectivity index (χ3n) is 5.36. The molecule has 3 atom stereocenters. The van der Waals surface area contributed by atoms with E-state index < -0.39 is 0 Å². The first kappa shape index (κ1) is 13.8. The van der Waals surface area contributed by atoms with Gasteiger partial charge in [-0.15, -0.1) is 0 Å². The lowest BCUT2D eigenvalue weighted by Gasteiger charge is -2.23. The topological polar surface area (TPSA) is 86.6 Å². The third-order valence-corrected chi connectivity index (χ3v) is 5.36. The van der Waals surface area contributed by atoms with Gasteiger partial charge in [0.25, 0.3) is 0 Å². The highest BCUT2D eigenvalue weighted by atomic mass is 16.5. The lowest BCUT2D eigenvalue weighted by molar-refractivity contribution is 0.231. The number of nitrogens with zero attached hydrogens (tertiary/aromatic N) is 3. The predicted octanol–water partition coefficient (Wildman–Crippen LogP) is 2.50. The van der Waals surface area contributed by atoms with E-state index in [1.165, 1.54) is 19.3 Å². The fourth-order valence-electron chi connectivity index (χ4n) is 4.21. The number of piperidine rings is 1. The number of nitriles is 1. The molecule has 120 valence electrons. The average molecular weight is 319 g/mol. The first-order valence-electron chi connectivity index (χ1n) is 8.37. The van der Waals surface area contributed by atoms with Gasteiger partial charge in [0.2, 0.25) is 0 Å². The second-order valence-electron chi connectivity index (χ2n) is 6.74. The molecule has 3 aromatic rings. The smallest absolute Gasteiger partial charge is 0.142 e. The van der Waals surface area contributed by atoms with Gasteiger partial charge in [-0.1, -0.05) is 0 Å². The van der Waals surface area contributed by atoms with Gasteiger partial charge in [-0.05, 0) is 37.3 Å². The Morgan fingerprint density at radius 1 is 1.33 bits per heavy atom. The third kappa shape index (κ3) is 2.05. The van der Waals surface area contributed by atoms with Crippen molar-refractivity contribution in [3.05, 3.63) is 30.2 Å². The fraction of sp³-hybridized carbons (Fsp3) is 0.389. The van der Waals surface area contributed by atoms with E-state index >= 15 is 0 Å². The summed E-state index contributed by atoms with van der Waals surface area (Å²) in [7, 11) is 0. The van der Waals surface area contributed by atoms with E-state index in [2.05, 4.69) is 26.3 Å². The van der Waals surface area contributed by atoms with Crippen molar-refractivity contribution in [3.8, 4) is 11.8 Å². The first-order chi connectivity index (χ1) is 11.8. The van der Waals surface area contributed by atoms with Crippen molar-refractivity contribution in [3.63, 3.8) is 0 Å². The van der Waals surface area contributed by atoms with Crippen LogP contribution in [0.5, 0.6) is 5.75 Å². The number of aromatic nitrogens is 3. The minimum absolute atomic E-state index is 0.396. The maximum absolute atomic E-state index is 9.11. The number of ether oxygens (including phenoxy) is 1. The molecule has 0 amide bonds. The molecule has 2 aliphatic rings. The second kappa shape index (κ2) is 5.18. The number of fused-ring (bicyclic) bond motifs is 5. The summed E-state index contributed by atoms with van der Waals surface area (Å²) in [5, 5.41) is 14.6. The number of rotatable bonds is 3. The molecular formula is C18H17N5O. The van der Waals surface area contributed by atoms with Gasteiger partial charge in [0.15, 0.2) is 0 Å². The summed E-state index contributed by atoms with van der Waals surface area (Å²) in [6, 6.07) is 6.90. The molecule has 5 rings (SSSR count). The molecule has 1 aliphatic heterocycles. The van der Waals surface area contributed by atoms with Crippen LogP contribution in [0.3, 0.4) is 0 Å². The van der Waals surface area contributed by atoms with Crippen LogP contribution in [0.2, 0.25) is 0 Å². The van der Waals surface area contributed by atoms with Crippen molar-refractivity contribution >= 4 is 21.9 Å². The van der Waals surface area contributed by atoms with Gasteiger partial charge in [-0.3, -0.25) is 0 Å². The number of nitrogens with one attached hydrogen (secondary N) is 2. The van der Waals surface area contributed by atoms with Gasteiger partial charge in [-0.25, -0.2) is 9.97 Å². The zero-order chi connectivity index (χ0) is 16.1. The van der Waals surface area contributed by atoms with Crippen LogP contribution in [0.1, 0.15) is 25.0 Å². The Labute approximate surface area is 138 Å². The van der Waals surface area contributed by atoms with E-state index in [9.17, 15) is 0 Å². The van der Waals surface area contributed by atoms with Crippen molar-refractivity contribution in [2.45, 2.75) is 31.3 Å². The molecule has 4 heterocycles. The Balaban J connectivity index is 1.52. The van der Waals surface area contributed by atoms with E-state index in [0.29, 0.717) is 24.4 Å². The molecule has 1 saturated carbocycles. The predicted molar refractivity (Wildman–Crippen MR) is 89.7 cm³/mol. The maximum atomic E-state index is 9.11. The molecule has 0 spiro atoms.